The van der Waals surface area contributed by atoms with Gasteiger partial charge in [0.1, 0.15) is 18.1 Å². The molecule has 0 aliphatic rings. The van der Waals surface area contributed by atoms with Crippen LogP contribution >= 0.6 is 0 Å². The third-order valence-corrected chi connectivity index (χ3v) is 6.47. The van der Waals surface area contributed by atoms with E-state index in [0.717, 1.165) is 16.4 Å². The lowest BCUT2D eigenvalue weighted by atomic mass is 10.1. The van der Waals surface area contributed by atoms with Gasteiger partial charge in [0.15, 0.2) is 5.78 Å². The number of hydrogen-bond acceptors (Lipinski definition) is 5. The molecule has 0 spiro atoms. The van der Waals surface area contributed by atoms with Gasteiger partial charge in [-0.25, -0.2) is 12.8 Å². The Labute approximate surface area is 191 Å². The Balaban J connectivity index is 1.91. The number of benzene rings is 3. The molecule has 3 aromatic rings. The fourth-order valence-electron chi connectivity index (χ4n) is 3.07. The van der Waals surface area contributed by atoms with Crippen LogP contribution in [0.2, 0.25) is 0 Å². The van der Waals surface area contributed by atoms with E-state index >= 15 is 0 Å². The highest BCUT2D eigenvalue weighted by Gasteiger charge is 2.27. The number of Topliss-reactive ketones (excluding diaryl/α,β-unsaturated/α-hetero) is 1. The van der Waals surface area contributed by atoms with Crippen molar-refractivity contribution in [3.8, 4) is 5.75 Å². The molecule has 33 heavy (non-hydrogen) atoms. The molecule has 7 nitrogen and oxygen atoms in total. The maximum absolute atomic E-state index is 13.5. The van der Waals surface area contributed by atoms with E-state index in [-0.39, 0.29) is 16.4 Å². The van der Waals surface area contributed by atoms with Crippen molar-refractivity contribution < 1.29 is 27.1 Å². The molecule has 1 amide bonds. The summed E-state index contributed by atoms with van der Waals surface area (Å²) in [5.74, 6) is -0.831. The minimum Gasteiger partial charge on any atom is -0.494 e. The van der Waals surface area contributed by atoms with Crippen LogP contribution in [-0.4, -0.2) is 33.3 Å². The van der Waals surface area contributed by atoms with Gasteiger partial charge in [-0.3, -0.25) is 13.9 Å². The summed E-state index contributed by atoms with van der Waals surface area (Å²) < 4.78 is 46.5. The topological polar surface area (TPSA) is 92.8 Å². The lowest BCUT2D eigenvalue weighted by Crippen LogP contribution is -2.38. The van der Waals surface area contributed by atoms with Crippen molar-refractivity contribution in [3.05, 3.63) is 84.2 Å². The van der Waals surface area contributed by atoms with Crippen molar-refractivity contribution in [3.63, 3.8) is 0 Å². The summed E-state index contributed by atoms with van der Waals surface area (Å²) in [4.78, 5) is 24.3. The summed E-state index contributed by atoms with van der Waals surface area (Å²) >= 11 is 0. The quantitative estimate of drug-likeness (QED) is 0.472. The highest BCUT2D eigenvalue weighted by molar-refractivity contribution is 7.92. The van der Waals surface area contributed by atoms with E-state index in [2.05, 4.69) is 5.32 Å². The van der Waals surface area contributed by atoms with Gasteiger partial charge in [-0.05, 0) is 74.5 Å². The number of amides is 1. The van der Waals surface area contributed by atoms with Gasteiger partial charge >= 0.3 is 0 Å². The van der Waals surface area contributed by atoms with Crippen LogP contribution in [0, 0.1) is 5.82 Å². The lowest BCUT2D eigenvalue weighted by molar-refractivity contribution is -0.114. The number of nitrogens with one attached hydrogen (secondary N) is 1. The van der Waals surface area contributed by atoms with E-state index in [1.54, 1.807) is 18.2 Å². The molecule has 3 rings (SSSR count). The average Bonchev–Trinajstić information content (AvgIpc) is 2.79. The molecule has 0 atom stereocenters. The van der Waals surface area contributed by atoms with Crippen molar-refractivity contribution in [2.24, 2.45) is 0 Å². The number of sulfonamides is 1. The Morgan fingerprint density at radius 3 is 2.27 bits per heavy atom. The van der Waals surface area contributed by atoms with E-state index < -0.39 is 28.3 Å². The van der Waals surface area contributed by atoms with Gasteiger partial charge in [-0.2, -0.15) is 0 Å². The molecular weight excluding hydrogens is 447 g/mol. The number of carbonyl (C=O) groups excluding carboxylic acids is 2. The number of ether oxygens (including phenoxy) is 1. The second-order valence-electron chi connectivity index (χ2n) is 7.08. The molecular formula is C24H23FN2O5S. The molecule has 1 N–H and O–H groups in total. The Morgan fingerprint density at radius 1 is 1.00 bits per heavy atom. The van der Waals surface area contributed by atoms with Crippen LogP contribution in [0.1, 0.15) is 24.2 Å². The summed E-state index contributed by atoms with van der Waals surface area (Å²) in [5.41, 5.74) is 0.883. The molecule has 0 heterocycles. The second kappa shape index (κ2) is 10.3. The number of halogens is 1. The molecule has 0 bridgehead atoms. The van der Waals surface area contributed by atoms with E-state index in [1.165, 1.54) is 49.4 Å². The predicted molar refractivity (Wildman–Crippen MR) is 124 cm³/mol. The molecule has 0 aromatic heterocycles. The molecule has 0 fully saturated rings. The third kappa shape index (κ3) is 5.95. The van der Waals surface area contributed by atoms with Gasteiger partial charge in [0, 0.05) is 11.3 Å². The zero-order valence-electron chi connectivity index (χ0n) is 18.1. The largest absolute Gasteiger partial charge is 0.494 e. The summed E-state index contributed by atoms with van der Waals surface area (Å²) in [6.45, 7) is 3.08. The zero-order valence-corrected chi connectivity index (χ0v) is 18.9. The molecule has 0 radical (unpaired) electrons. The fourth-order valence-corrected chi connectivity index (χ4v) is 4.49. The summed E-state index contributed by atoms with van der Waals surface area (Å²) in [6, 6.07) is 16.9. The molecule has 0 aliphatic heterocycles. The number of anilines is 2. The minimum atomic E-state index is -4.17. The van der Waals surface area contributed by atoms with E-state index in [1.807, 2.05) is 6.92 Å². The van der Waals surface area contributed by atoms with Gasteiger partial charge in [0.25, 0.3) is 10.0 Å². The summed E-state index contributed by atoms with van der Waals surface area (Å²) in [7, 11) is -4.17. The molecule has 172 valence electrons. The number of nitrogens with zero attached hydrogens (tertiary/aromatic N) is 1. The van der Waals surface area contributed by atoms with Crippen molar-refractivity contribution in [2.45, 2.75) is 18.7 Å². The molecule has 0 saturated carbocycles. The van der Waals surface area contributed by atoms with E-state index in [4.69, 9.17) is 4.74 Å². The Kier molecular flexibility index (Phi) is 7.44. The monoisotopic (exact) mass is 470 g/mol. The highest BCUT2D eigenvalue weighted by Crippen LogP contribution is 2.26. The fraction of sp³-hybridized carbons (Fsp3) is 0.167. The number of rotatable bonds is 9. The van der Waals surface area contributed by atoms with Gasteiger partial charge in [-0.1, -0.05) is 12.1 Å². The van der Waals surface area contributed by atoms with Crippen LogP contribution < -0.4 is 14.4 Å². The smallest absolute Gasteiger partial charge is 0.264 e. The first-order valence-electron chi connectivity index (χ1n) is 10.1. The normalized spacial score (nSPS) is 11.0. The van der Waals surface area contributed by atoms with Crippen LogP contribution in [0.4, 0.5) is 15.8 Å². The highest BCUT2D eigenvalue weighted by atomic mass is 32.2. The molecule has 9 heteroatoms. The van der Waals surface area contributed by atoms with Crippen LogP contribution in [0.25, 0.3) is 0 Å². The minimum absolute atomic E-state index is 0.0540. The van der Waals surface area contributed by atoms with Crippen molar-refractivity contribution >= 4 is 33.1 Å². The van der Waals surface area contributed by atoms with Gasteiger partial charge in [0.05, 0.1) is 17.2 Å². The molecule has 0 saturated heterocycles. The number of ketones is 1. The first kappa shape index (κ1) is 23.9. The van der Waals surface area contributed by atoms with E-state index in [9.17, 15) is 22.4 Å². The summed E-state index contributed by atoms with van der Waals surface area (Å²) in [6.07, 6.45) is 0. The standard InChI is InChI=1S/C24H23FN2O5S/c1-3-32-22-11-13-23(14-12-22)33(30,31)27(21-9-7-19(25)8-10-21)16-24(29)26-20-6-4-5-18(15-20)17(2)28/h4-15H,3,16H2,1-2H3,(H,26,29). The third-order valence-electron chi connectivity index (χ3n) is 4.68. The van der Waals surface area contributed by atoms with E-state index in [0.29, 0.717) is 23.6 Å². The van der Waals surface area contributed by atoms with Crippen LogP contribution in [0.5, 0.6) is 5.75 Å². The van der Waals surface area contributed by atoms with Crippen LogP contribution in [0.15, 0.2) is 77.7 Å². The van der Waals surface area contributed by atoms with Crippen molar-refractivity contribution in [1.82, 2.24) is 0 Å². The SMILES string of the molecule is CCOc1ccc(S(=O)(=O)N(CC(=O)Nc2cccc(C(C)=O)c2)c2ccc(F)cc2)cc1. The average molecular weight is 471 g/mol. The first-order chi connectivity index (χ1) is 15.7. The number of hydrogen-bond donors (Lipinski definition) is 1. The van der Waals surface area contributed by atoms with Gasteiger partial charge < -0.3 is 10.1 Å². The molecule has 3 aromatic carbocycles. The van der Waals surface area contributed by atoms with Crippen LogP contribution in [-0.2, 0) is 14.8 Å². The predicted octanol–water partition coefficient (Wildman–Crippen LogP) is 4.26. The molecule has 0 unspecified atom stereocenters. The Hall–Kier alpha value is -3.72. The Morgan fingerprint density at radius 2 is 1.67 bits per heavy atom. The van der Waals surface area contributed by atoms with Crippen molar-refractivity contribution in [1.29, 1.82) is 0 Å². The molecule has 0 aliphatic carbocycles. The van der Waals surface area contributed by atoms with Crippen LogP contribution in [0.3, 0.4) is 0 Å². The maximum Gasteiger partial charge on any atom is 0.264 e. The Bertz CT molecular complexity index is 1240. The van der Waals surface area contributed by atoms with Crippen molar-refractivity contribution in [2.75, 3.05) is 22.8 Å². The maximum atomic E-state index is 13.5. The summed E-state index contributed by atoms with van der Waals surface area (Å²) in [5, 5.41) is 2.61. The lowest BCUT2D eigenvalue weighted by Gasteiger charge is -2.24. The number of carbonyl (C=O) groups is 2. The zero-order chi connectivity index (χ0) is 24.0. The van der Waals surface area contributed by atoms with Gasteiger partial charge in [-0.15, -0.1) is 0 Å². The van der Waals surface area contributed by atoms with Gasteiger partial charge in [0.2, 0.25) is 5.91 Å². The second-order valence-corrected chi connectivity index (χ2v) is 8.94. The first-order valence-corrected chi connectivity index (χ1v) is 11.6.